The molecule has 0 atom stereocenters. The molecule has 9 aliphatic rings. The van der Waals surface area contributed by atoms with Gasteiger partial charge in [-0.05, 0) is 113 Å². The van der Waals surface area contributed by atoms with Gasteiger partial charge in [-0.15, -0.1) is 0 Å². The maximum atomic E-state index is 7.58. The van der Waals surface area contributed by atoms with E-state index in [1.165, 1.54) is 133 Å². The minimum Gasteiger partial charge on any atom is -0.444 e. The summed E-state index contributed by atoms with van der Waals surface area (Å²) in [6.45, 7) is 0.0466. The predicted molar refractivity (Wildman–Crippen MR) is 260 cm³/mol. The Bertz CT molecular complexity index is 3790. The van der Waals surface area contributed by atoms with Crippen LogP contribution < -0.4 is 51.8 Å². The maximum Gasteiger partial charge on any atom is 0.343 e. The van der Waals surface area contributed by atoms with E-state index in [2.05, 4.69) is 204 Å². The third-order valence-corrected chi connectivity index (χ3v) is 17.9. The number of nitrogens with zero attached hydrogens (tertiary/aromatic N) is 3. The molecule has 0 saturated heterocycles. The second kappa shape index (κ2) is 10.1. The van der Waals surface area contributed by atoms with Gasteiger partial charge in [0.15, 0.2) is 4.70 Å². The van der Waals surface area contributed by atoms with Crippen LogP contribution in [0, 0.1) is 0 Å². The van der Waals surface area contributed by atoms with Gasteiger partial charge in [0.05, 0.1) is 10.8 Å². The van der Waals surface area contributed by atoms with E-state index in [9.17, 15) is 0 Å². The summed E-state index contributed by atoms with van der Waals surface area (Å²) in [4.78, 5) is 0. The van der Waals surface area contributed by atoms with Crippen LogP contribution in [0.5, 0.6) is 11.5 Å². The van der Waals surface area contributed by atoms with Crippen molar-refractivity contribution in [1.82, 2.24) is 4.70 Å². The van der Waals surface area contributed by atoms with Crippen molar-refractivity contribution in [3.05, 3.63) is 239 Å². The number of hydrogen-bond donors (Lipinski definition) is 0. The summed E-state index contributed by atoms with van der Waals surface area (Å²) in [6, 6.07) is 70.2. The van der Waals surface area contributed by atoms with Crippen LogP contribution in [0.2, 0.25) is 0 Å². The number of ether oxygens (including phenoxy) is 1. The Morgan fingerprint density at radius 1 is 0.318 bits per heavy atom. The highest BCUT2D eigenvalue weighted by atomic mass is 16.5. The summed E-state index contributed by atoms with van der Waals surface area (Å²) in [7, 11) is 0. The van der Waals surface area contributed by atoms with Crippen LogP contribution in [0.4, 0.5) is 11.4 Å². The van der Waals surface area contributed by atoms with Crippen LogP contribution in [0.3, 0.4) is 0 Å². The van der Waals surface area contributed by atoms with Crippen LogP contribution in [-0.2, 0) is 10.8 Å². The first kappa shape index (κ1) is 32.6. The zero-order valence-corrected chi connectivity index (χ0v) is 35.4. The van der Waals surface area contributed by atoms with Crippen molar-refractivity contribution in [2.75, 3.05) is 0 Å². The summed E-state index contributed by atoms with van der Waals surface area (Å²) in [6.07, 6.45) is 4.78. The number of fused-ring (bicyclic) bond motifs is 16. The van der Waals surface area contributed by atoms with E-state index >= 15 is 0 Å². The van der Waals surface area contributed by atoms with Crippen molar-refractivity contribution in [1.29, 1.82) is 0 Å². The molecule has 4 nitrogen and oxygen atoms in total. The highest BCUT2D eigenvalue weighted by Crippen LogP contribution is 2.63. The van der Waals surface area contributed by atoms with Crippen LogP contribution >= 0.6 is 0 Å². The van der Waals surface area contributed by atoms with Gasteiger partial charge in [0.25, 0.3) is 11.4 Å². The third kappa shape index (κ3) is 2.89. The van der Waals surface area contributed by atoms with Crippen molar-refractivity contribution in [2.24, 2.45) is 0 Å². The lowest BCUT2D eigenvalue weighted by Gasteiger charge is -2.46. The average Bonchev–Trinajstić information content (AvgIpc) is 4.09. The fourth-order valence-electron chi connectivity index (χ4n) is 16.2. The number of benzene rings is 8. The molecule has 296 valence electrons. The zero-order valence-electron chi connectivity index (χ0n) is 35.4. The molecule has 2 aliphatic carbocycles. The number of quaternary nitrogens is 1. The zero-order chi connectivity index (χ0) is 42.2. The van der Waals surface area contributed by atoms with Crippen molar-refractivity contribution >= 4 is 57.8 Å². The van der Waals surface area contributed by atoms with Gasteiger partial charge in [-0.3, -0.25) is 0 Å². The van der Waals surface area contributed by atoms with Gasteiger partial charge in [-0.25, -0.2) is 0 Å². The summed E-state index contributed by atoms with van der Waals surface area (Å²) >= 11 is 0. The van der Waals surface area contributed by atoms with Gasteiger partial charge >= 0.3 is 13.4 Å². The number of hydrogen-bond acceptors (Lipinski definition) is 1. The molecule has 2 aromatic heterocycles. The van der Waals surface area contributed by atoms with Gasteiger partial charge in [0, 0.05) is 43.5 Å². The highest BCUT2D eigenvalue weighted by molar-refractivity contribution is 7.01. The molecule has 0 fully saturated rings. The largest absolute Gasteiger partial charge is 0.444 e. The molecule has 0 bridgehead atoms. The van der Waals surface area contributed by atoms with E-state index in [0.717, 1.165) is 11.5 Å². The van der Waals surface area contributed by atoms with E-state index in [1.807, 2.05) is 0 Å². The first-order valence-electron chi connectivity index (χ1n) is 23.5. The number of rotatable bonds is 0. The molecule has 0 saturated carbocycles. The Labute approximate surface area is 380 Å². The van der Waals surface area contributed by atoms with Crippen molar-refractivity contribution in [3.63, 3.8) is 0 Å². The molecule has 0 radical (unpaired) electrons. The lowest BCUT2D eigenvalue weighted by atomic mass is 9.31. The Morgan fingerprint density at radius 3 is 1.09 bits per heavy atom. The molecule has 7 aliphatic heterocycles. The van der Waals surface area contributed by atoms with Gasteiger partial charge in [0.2, 0.25) is 35.1 Å². The summed E-state index contributed by atoms with van der Waals surface area (Å²) in [5, 5.41) is 0. The monoisotopic (exact) mass is 832 g/mol. The Balaban J connectivity index is 1.05. The minimum absolute atomic E-state index is 0.0233. The lowest BCUT2D eigenvalue weighted by molar-refractivity contribution is -1.03. The van der Waals surface area contributed by atoms with E-state index in [0.29, 0.717) is 4.70 Å². The van der Waals surface area contributed by atoms with Crippen molar-refractivity contribution < 1.29 is 14.1 Å². The van der Waals surface area contributed by atoms with Crippen molar-refractivity contribution in [2.45, 2.75) is 10.8 Å². The Kier molecular flexibility index (Phi) is 4.98. The second-order valence-electron chi connectivity index (χ2n) is 19.8. The average molecular weight is 833 g/mol. The van der Waals surface area contributed by atoms with Crippen LogP contribution in [-0.4, -0.2) is 13.4 Å². The predicted octanol–water partition coefficient (Wildman–Crippen LogP) is 6.91. The molecule has 0 N–H and O–H groups in total. The third-order valence-electron chi connectivity index (χ3n) is 17.9. The van der Waals surface area contributed by atoms with Gasteiger partial charge in [-0.2, -0.15) is 0 Å². The van der Waals surface area contributed by atoms with Gasteiger partial charge < -0.3 is 4.74 Å². The molecule has 0 unspecified atom stereocenters. The molecular formula is C60H32B2N3O+3. The fourth-order valence-corrected chi connectivity index (χ4v) is 16.2. The normalized spacial score (nSPS) is 17.2. The quantitative estimate of drug-likeness (QED) is 0.0924. The van der Waals surface area contributed by atoms with E-state index in [-0.39, 0.29) is 13.4 Å². The topological polar surface area (TPSA) is 17.0 Å². The molecular weight excluding hydrogens is 800 g/mol. The smallest absolute Gasteiger partial charge is 0.343 e. The van der Waals surface area contributed by atoms with Gasteiger partial charge in [-0.1, -0.05) is 146 Å². The SMILES string of the molecule is c1ccc2c(c1)-c1ccccc1C21c2cccc3c2B2c4c1ccc1c4[N+]4(c5c(ccc6c5B5c7c(cccc7C67c6ccccc6-c6ccccc67)-c6ccc[n+]4c65)O1)[n+]1cccc-3c12. The first-order chi connectivity index (χ1) is 32.8. The summed E-state index contributed by atoms with van der Waals surface area (Å²) < 4.78 is 13.3. The highest BCUT2D eigenvalue weighted by Gasteiger charge is 2.77. The van der Waals surface area contributed by atoms with Gasteiger partial charge in [0.1, 0.15) is 0 Å². The first-order valence-corrected chi connectivity index (χ1v) is 23.5. The van der Waals surface area contributed by atoms with Crippen molar-refractivity contribution in [3.8, 4) is 56.0 Å². The Morgan fingerprint density at radius 2 is 0.667 bits per heavy atom. The van der Waals surface area contributed by atoms with E-state index in [1.54, 1.807) is 0 Å². The molecule has 10 aromatic rings. The minimum atomic E-state index is -0.530. The van der Waals surface area contributed by atoms with E-state index in [4.69, 9.17) is 4.74 Å². The summed E-state index contributed by atoms with van der Waals surface area (Å²) in [5.74, 6) is 1.85. The molecule has 0 amide bonds. The Hall–Kier alpha value is -8.05. The van der Waals surface area contributed by atoms with E-state index < -0.39 is 10.8 Å². The molecule has 8 aromatic carbocycles. The fraction of sp³-hybridized carbons (Fsp3) is 0.0333. The standard InChI is InChI=1S/C60H32B2N3O/c1-5-21-41-33(13-1)34-14-2-6-22-42(34)59(41)45-25-9-17-37-39-19-11-31-63-57(39)61(51(37)45)53-47(59)27-29-49-55(53)65(63)56-50(66-49)30-28-48-54(56)62-52-38(40-20-12-32-64(65)58(40)62)18-10-26-46(52)60(48)43-23-7-3-15-35(43)36-16-4-8-24-44(36)60/h1-32H/q+3. The second-order valence-corrected chi connectivity index (χ2v) is 19.8. The molecule has 9 heterocycles. The van der Waals surface area contributed by atoms with Crippen LogP contribution in [0.1, 0.15) is 44.5 Å². The lowest BCUT2D eigenvalue weighted by Crippen LogP contribution is -2.99. The van der Waals surface area contributed by atoms with Crippen LogP contribution in [0.15, 0.2) is 194 Å². The number of aromatic nitrogens is 2. The number of pyridine rings is 2. The summed E-state index contributed by atoms with van der Waals surface area (Å²) in [5.41, 5.74) is 31.3. The molecule has 6 heteroatoms. The molecule has 3 spiro atoms. The molecule has 19 rings (SSSR count). The molecule has 66 heavy (non-hydrogen) atoms. The maximum absolute atomic E-state index is 7.58. The van der Waals surface area contributed by atoms with Crippen LogP contribution in [0.25, 0.3) is 44.5 Å².